The van der Waals surface area contributed by atoms with Crippen molar-refractivity contribution in [2.24, 2.45) is 7.05 Å². The second-order valence-corrected chi connectivity index (χ2v) is 6.34. The fourth-order valence-corrected chi connectivity index (χ4v) is 3.51. The van der Waals surface area contributed by atoms with Crippen molar-refractivity contribution in [1.82, 2.24) is 25.1 Å². The normalized spacial score (nSPS) is 15.9. The summed E-state index contributed by atoms with van der Waals surface area (Å²) in [6, 6.07) is 3.81. The van der Waals surface area contributed by atoms with E-state index in [-0.39, 0.29) is 0 Å². The highest BCUT2D eigenvalue weighted by atomic mass is 32.2. The molecule has 3 heterocycles. The number of methoxy groups -OCH3 is 1. The molecule has 1 aliphatic rings. The van der Waals surface area contributed by atoms with Crippen LogP contribution in [-0.2, 0) is 12.8 Å². The number of rotatable bonds is 5. The van der Waals surface area contributed by atoms with Gasteiger partial charge in [0.25, 0.3) is 0 Å². The van der Waals surface area contributed by atoms with Gasteiger partial charge in [0.15, 0.2) is 5.16 Å². The Bertz CT molecular complexity index is 624. The van der Waals surface area contributed by atoms with Crippen molar-refractivity contribution < 1.29 is 4.74 Å². The second kappa shape index (κ2) is 7.11. The van der Waals surface area contributed by atoms with Gasteiger partial charge in [-0.2, -0.15) is 0 Å². The average molecular weight is 319 g/mol. The molecule has 1 aliphatic heterocycles. The molecule has 118 valence electrons. The van der Waals surface area contributed by atoms with Gasteiger partial charge < -0.3 is 14.6 Å². The van der Waals surface area contributed by atoms with Crippen LogP contribution in [0.5, 0.6) is 5.75 Å². The maximum absolute atomic E-state index is 5.23. The minimum absolute atomic E-state index is 0.517. The Balaban J connectivity index is 1.66. The first-order valence-electron chi connectivity index (χ1n) is 7.49. The molecule has 0 radical (unpaired) electrons. The van der Waals surface area contributed by atoms with Gasteiger partial charge in [0.1, 0.15) is 11.6 Å². The van der Waals surface area contributed by atoms with Crippen LogP contribution >= 0.6 is 11.8 Å². The van der Waals surface area contributed by atoms with Crippen LogP contribution in [0, 0.1) is 0 Å². The minimum atomic E-state index is 0.517. The van der Waals surface area contributed by atoms with Gasteiger partial charge in [0.2, 0.25) is 0 Å². The van der Waals surface area contributed by atoms with E-state index in [4.69, 9.17) is 4.74 Å². The lowest BCUT2D eigenvalue weighted by Crippen LogP contribution is -2.27. The van der Waals surface area contributed by atoms with Crippen LogP contribution in [0.1, 0.15) is 30.3 Å². The number of hydrogen-bond donors (Lipinski definition) is 1. The third-order valence-corrected chi connectivity index (χ3v) is 5.00. The summed E-state index contributed by atoms with van der Waals surface area (Å²) in [6.45, 7) is 2.13. The maximum Gasteiger partial charge on any atom is 0.191 e. The lowest BCUT2D eigenvalue weighted by Gasteiger charge is -2.21. The Morgan fingerprint density at radius 3 is 2.95 bits per heavy atom. The first kappa shape index (κ1) is 15.3. The molecule has 0 aliphatic carbocycles. The van der Waals surface area contributed by atoms with Crippen LogP contribution in [0.4, 0.5) is 0 Å². The molecule has 2 aromatic heterocycles. The number of pyridine rings is 1. The number of ether oxygens (including phenoxy) is 1. The Hall–Kier alpha value is -1.60. The smallest absolute Gasteiger partial charge is 0.191 e. The molecule has 1 N–H and O–H groups in total. The van der Waals surface area contributed by atoms with E-state index >= 15 is 0 Å². The van der Waals surface area contributed by atoms with Crippen LogP contribution in [0.25, 0.3) is 0 Å². The molecule has 6 nitrogen and oxygen atoms in total. The molecule has 3 rings (SSSR count). The Morgan fingerprint density at radius 1 is 1.36 bits per heavy atom. The topological polar surface area (TPSA) is 64.9 Å². The fraction of sp³-hybridized carbons (Fsp3) is 0.533. The number of aromatic nitrogens is 4. The van der Waals surface area contributed by atoms with Crippen LogP contribution in [-0.4, -0.2) is 39.9 Å². The number of thioether (sulfide) groups is 1. The van der Waals surface area contributed by atoms with Gasteiger partial charge in [-0.25, -0.2) is 0 Å². The SMILES string of the molecule is COc1ccnc(CSc2nnc(C3CCNCC3)n2C)c1. The van der Waals surface area contributed by atoms with Crippen LogP contribution < -0.4 is 10.1 Å². The van der Waals surface area contributed by atoms with Gasteiger partial charge in [0, 0.05) is 31.0 Å². The van der Waals surface area contributed by atoms with Crippen molar-refractivity contribution in [3.8, 4) is 5.75 Å². The second-order valence-electron chi connectivity index (χ2n) is 5.40. The Labute approximate surface area is 134 Å². The molecule has 0 saturated carbocycles. The predicted octanol–water partition coefficient (Wildman–Crippen LogP) is 1.98. The van der Waals surface area contributed by atoms with E-state index in [9.17, 15) is 0 Å². The van der Waals surface area contributed by atoms with Crippen molar-refractivity contribution in [1.29, 1.82) is 0 Å². The number of piperidine rings is 1. The third kappa shape index (κ3) is 3.41. The number of nitrogens with zero attached hydrogens (tertiary/aromatic N) is 4. The van der Waals surface area contributed by atoms with Gasteiger partial charge >= 0.3 is 0 Å². The summed E-state index contributed by atoms with van der Waals surface area (Å²) in [6.07, 6.45) is 4.04. The van der Waals surface area contributed by atoms with Crippen LogP contribution in [0.3, 0.4) is 0 Å². The van der Waals surface area contributed by atoms with E-state index in [1.54, 1.807) is 25.1 Å². The molecule has 0 atom stereocenters. The van der Waals surface area contributed by atoms with E-state index in [1.807, 2.05) is 12.1 Å². The lowest BCUT2D eigenvalue weighted by atomic mass is 9.97. The van der Waals surface area contributed by atoms with Gasteiger partial charge in [-0.3, -0.25) is 4.98 Å². The molecule has 0 unspecified atom stereocenters. The molecule has 0 spiro atoms. The van der Waals surface area contributed by atoms with Gasteiger partial charge in [-0.05, 0) is 32.0 Å². The predicted molar refractivity (Wildman–Crippen MR) is 86.2 cm³/mol. The Morgan fingerprint density at radius 2 is 2.18 bits per heavy atom. The molecule has 22 heavy (non-hydrogen) atoms. The average Bonchev–Trinajstić information content (AvgIpc) is 2.95. The summed E-state index contributed by atoms with van der Waals surface area (Å²) in [5, 5.41) is 13.1. The molecular formula is C15H21N5OS. The quantitative estimate of drug-likeness (QED) is 0.850. The first-order valence-corrected chi connectivity index (χ1v) is 8.48. The molecule has 0 aromatic carbocycles. The molecule has 0 amide bonds. The number of nitrogens with one attached hydrogen (secondary N) is 1. The van der Waals surface area contributed by atoms with Gasteiger partial charge in [-0.15, -0.1) is 10.2 Å². The van der Waals surface area contributed by atoms with Crippen molar-refractivity contribution in [2.45, 2.75) is 29.7 Å². The molecule has 2 aromatic rings. The summed E-state index contributed by atoms with van der Waals surface area (Å²) in [7, 11) is 3.72. The minimum Gasteiger partial charge on any atom is -0.497 e. The lowest BCUT2D eigenvalue weighted by molar-refractivity contribution is 0.413. The Kier molecular flexibility index (Phi) is 4.94. The molecular weight excluding hydrogens is 298 g/mol. The zero-order valence-corrected chi connectivity index (χ0v) is 13.8. The van der Waals surface area contributed by atoms with E-state index in [1.165, 1.54) is 0 Å². The largest absolute Gasteiger partial charge is 0.497 e. The molecule has 1 saturated heterocycles. The van der Waals surface area contributed by atoms with Gasteiger partial charge in [0.05, 0.1) is 12.8 Å². The molecule has 0 bridgehead atoms. The monoisotopic (exact) mass is 319 g/mol. The van der Waals surface area contributed by atoms with E-state index in [0.29, 0.717) is 5.92 Å². The first-order chi connectivity index (χ1) is 10.8. The van der Waals surface area contributed by atoms with E-state index < -0.39 is 0 Å². The van der Waals surface area contributed by atoms with Crippen molar-refractivity contribution >= 4 is 11.8 Å². The van der Waals surface area contributed by atoms with Crippen LogP contribution in [0.15, 0.2) is 23.5 Å². The van der Waals surface area contributed by atoms with E-state index in [2.05, 4.69) is 32.1 Å². The maximum atomic E-state index is 5.23. The highest BCUT2D eigenvalue weighted by Crippen LogP contribution is 2.27. The summed E-state index contributed by atoms with van der Waals surface area (Å²) in [4.78, 5) is 4.36. The number of hydrogen-bond acceptors (Lipinski definition) is 6. The van der Waals surface area contributed by atoms with Crippen molar-refractivity contribution in [3.05, 3.63) is 29.8 Å². The van der Waals surface area contributed by atoms with Crippen molar-refractivity contribution in [2.75, 3.05) is 20.2 Å². The van der Waals surface area contributed by atoms with Crippen LogP contribution in [0.2, 0.25) is 0 Å². The van der Waals surface area contributed by atoms with Crippen molar-refractivity contribution in [3.63, 3.8) is 0 Å². The zero-order valence-electron chi connectivity index (χ0n) is 13.0. The van der Waals surface area contributed by atoms with E-state index in [0.717, 1.165) is 54.1 Å². The van der Waals surface area contributed by atoms with Gasteiger partial charge in [-0.1, -0.05) is 11.8 Å². The highest BCUT2D eigenvalue weighted by Gasteiger charge is 2.21. The summed E-state index contributed by atoms with van der Waals surface area (Å²) < 4.78 is 7.35. The summed E-state index contributed by atoms with van der Waals surface area (Å²) in [5.74, 6) is 3.21. The highest BCUT2D eigenvalue weighted by molar-refractivity contribution is 7.98. The molecule has 1 fully saturated rings. The molecule has 7 heteroatoms. The zero-order chi connectivity index (χ0) is 15.4. The standard InChI is InChI=1S/C15H21N5OS/c1-20-14(11-3-6-16-7-4-11)18-19-15(20)22-10-12-9-13(21-2)5-8-17-12/h5,8-9,11,16H,3-4,6-7,10H2,1-2H3. The fourth-order valence-electron chi connectivity index (χ4n) is 2.69. The summed E-state index contributed by atoms with van der Waals surface area (Å²) in [5.41, 5.74) is 0.982. The summed E-state index contributed by atoms with van der Waals surface area (Å²) >= 11 is 1.66. The third-order valence-electron chi connectivity index (χ3n) is 3.95.